The Morgan fingerprint density at radius 2 is 1.68 bits per heavy atom. The van der Waals surface area contributed by atoms with Crippen LogP contribution in [0.2, 0.25) is 0 Å². The van der Waals surface area contributed by atoms with Crippen molar-refractivity contribution in [2.75, 3.05) is 6.61 Å². The summed E-state index contributed by atoms with van der Waals surface area (Å²) in [6.07, 6.45) is 3.18. The highest BCUT2D eigenvalue weighted by atomic mass is 19.1. The molecule has 190 valence electrons. The lowest BCUT2D eigenvalue weighted by atomic mass is 10.0. The summed E-state index contributed by atoms with van der Waals surface area (Å²) in [4.78, 5) is 42.3. The number of fused-ring (bicyclic) bond motifs is 2. The Morgan fingerprint density at radius 3 is 2.47 bits per heavy atom. The number of phenolic OH excluding ortho intramolecular Hbond substituents is 1. The summed E-state index contributed by atoms with van der Waals surface area (Å²) in [5.41, 5.74) is 8.18. The van der Waals surface area contributed by atoms with Crippen LogP contribution in [0.15, 0.2) is 72.8 Å². The van der Waals surface area contributed by atoms with E-state index in [-0.39, 0.29) is 11.3 Å². The third-order valence-electron chi connectivity index (χ3n) is 6.15. The number of aromatic nitrogens is 1. The van der Waals surface area contributed by atoms with Crippen LogP contribution < -0.4 is 10.9 Å². The summed E-state index contributed by atoms with van der Waals surface area (Å²) >= 11 is 0. The Labute approximate surface area is 216 Å². The van der Waals surface area contributed by atoms with Crippen LogP contribution >= 0.6 is 0 Å². The van der Waals surface area contributed by atoms with Crippen LogP contribution in [0.1, 0.15) is 44.0 Å². The number of hydrazine groups is 1. The summed E-state index contributed by atoms with van der Waals surface area (Å²) < 4.78 is 19.0. The molecule has 4 aromatic rings. The number of halogens is 1. The molecule has 9 heteroatoms. The van der Waals surface area contributed by atoms with Crippen LogP contribution in [0.5, 0.6) is 5.75 Å². The molecular formula is C29H22FN3O5. The number of allylic oxidation sites excluding steroid dienone is 1. The number of rotatable bonds is 5. The number of para-hydroxylation sites is 1. The Hall–Kier alpha value is -5.05. The first-order chi connectivity index (χ1) is 18.4. The molecule has 0 saturated heterocycles. The van der Waals surface area contributed by atoms with Crippen LogP contribution in [0.4, 0.5) is 4.39 Å². The van der Waals surface area contributed by atoms with E-state index in [1.54, 1.807) is 42.5 Å². The number of phenols is 1. The Bertz CT molecular complexity index is 1600. The lowest BCUT2D eigenvalue weighted by Crippen LogP contribution is -2.43. The SMILES string of the molecule is O=C(COC(=O)c1c2c(nc3ccccc13)/C(=C/c1ccc(O)cc1)CC2)NNC(=O)c1ccccc1F. The monoisotopic (exact) mass is 511 g/mol. The van der Waals surface area contributed by atoms with Gasteiger partial charge in [-0.25, -0.2) is 14.2 Å². The number of nitrogens with one attached hydrogen (secondary N) is 2. The minimum atomic E-state index is -0.839. The number of hydrogen-bond acceptors (Lipinski definition) is 6. The molecule has 0 aliphatic heterocycles. The van der Waals surface area contributed by atoms with E-state index in [0.29, 0.717) is 35.0 Å². The fourth-order valence-electron chi connectivity index (χ4n) is 4.36. The second-order valence-electron chi connectivity index (χ2n) is 8.65. The van der Waals surface area contributed by atoms with Gasteiger partial charge in [0.1, 0.15) is 11.6 Å². The number of hydrogen-bond donors (Lipinski definition) is 3. The van der Waals surface area contributed by atoms with Crippen molar-refractivity contribution in [3.63, 3.8) is 0 Å². The van der Waals surface area contributed by atoms with Crippen molar-refractivity contribution >= 4 is 40.3 Å². The Kier molecular flexibility index (Phi) is 6.82. The van der Waals surface area contributed by atoms with Crippen LogP contribution in [0.3, 0.4) is 0 Å². The van der Waals surface area contributed by atoms with Gasteiger partial charge in [0.05, 0.1) is 22.3 Å². The van der Waals surface area contributed by atoms with Crippen molar-refractivity contribution in [1.29, 1.82) is 0 Å². The lowest BCUT2D eigenvalue weighted by molar-refractivity contribution is -0.125. The van der Waals surface area contributed by atoms with E-state index in [4.69, 9.17) is 9.72 Å². The molecule has 1 aromatic heterocycles. The summed E-state index contributed by atoms with van der Waals surface area (Å²) in [5, 5.41) is 10.2. The zero-order valence-corrected chi connectivity index (χ0v) is 20.0. The van der Waals surface area contributed by atoms with Crippen molar-refractivity contribution in [2.45, 2.75) is 12.8 Å². The number of esters is 1. The maximum absolute atomic E-state index is 13.7. The number of aromatic hydroxyl groups is 1. The number of amides is 2. The van der Waals surface area contributed by atoms with Gasteiger partial charge < -0.3 is 9.84 Å². The van der Waals surface area contributed by atoms with Gasteiger partial charge in [0, 0.05) is 5.39 Å². The first-order valence-electron chi connectivity index (χ1n) is 11.8. The van der Waals surface area contributed by atoms with Gasteiger partial charge in [0.2, 0.25) is 0 Å². The fraction of sp³-hybridized carbons (Fsp3) is 0.103. The van der Waals surface area contributed by atoms with Gasteiger partial charge in [-0.05, 0) is 65.9 Å². The molecule has 1 aliphatic carbocycles. The van der Waals surface area contributed by atoms with Gasteiger partial charge in [-0.15, -0.1) is 0 Å². The fourth-order valence-corrected chi connectivity index (χ4v) is 4.36. The quantitative estimate of drug-likeness (QED) is 0.273. The predicted octanol–water partition coefficient (Wildman–Crippen LogP) is 4.18. The van der Waals surface area contributed by atoms with Gasteiger partial charge in [-0.1, -0.05) is 42.5 Å². The second kappa shape index (κ2) is 10.5. The third kappa shape index (κ3) is 5.08. The molecule has 0 fully saturated rings. The van der Waals surface area contributed by atoms with Crippen LogP contribution in [-0.4, -0.2) is 34.5 Å². The molecule has 0 atom stereocenters. The maximum Gasteiger partial charge on any atom is 0.339 e. The van der Waals surface area contributed by atoms with Gasteiger partial charge in [0.15, 0.2) is 6.61 Å². The zero-order valence-electron chi connectivity index (χ0n) is 20.0. The Morgan fingerprint density at radius 1 is 0.947 bits per heavy atom. The zero-order chi connectivity index (χ0) is 26.6. The number of benzene rings is 3. The molecule has 0 spiro atoms. The highest BCUT2D eigenvalue weighted by Crippen LogP contribution is 2.37. The summed E-state index contributed by atoms with van der Waals surface area (Å²) in [7, 11) is 0. The highest BCUT2D eigenvalue weighted by molar-refractivity contribution is 6.07. The first kappa shape index (κ1) is 24.6. The predicted molar refractivity (Wildman–Crippen MR) is 138 cm³/mol. The smallest absolute Gasteiger partial charge is 0.339 e. The number of nitrogens with zero attached hydrogens (tertiary/aromatic N) is 1. The summed E-state index contributed by atoms with van der Waals surface area (Å²) in [6.45, 7) is -0.655. The maximum atomic E-state index is 13.7. The lowest BCUT2D eigenvalue weighted by Gasteiger charge is -2.13. The van der Waals surface area contributed by atoms with Gasteiger partial charge in [0.25, 0.3) is 11.8 Å². The standard InChI is InChI=1S/C29H22FN3O5/c30-23-7-3-1-5-20(23)28(36)33-32-25(35)16-38-29(37)26-21-6-2-4-8-24(21)31-27-18(11-14-22(26)27)15-17-9-12-19(34)13-10-17/h1-10,12-13,15,34H,11,14,16H2,(H,32,35)(H,33,36)/b18-15+. The number of ether oxygens (including phenoxy) is 1. The Balaban J connectivity index is 1.34. The van der Waals surface area contributed by atoms with Gasteiger partial charge >= 0.3 is 5.97 Å². The molecule has 5 rings (SSSR count). The number of carbonyl (C=O) groups is 3. The molecule has 0 saturated carbocycles. The summed E-state index contributed by atoms with van der Waals surface area (Å²) in [5.74, 6) is -2.88. The largest absolute Gasteiger partial charge is 0.508 e. The molecule has 0 bridgehead atoms. The normalized spacial score (nSPS) is 13.2. The third-order valence-corrected chi connectivity index (χ3v) is 6.15. The van der Waals surface area contributed by atoms with E-state index >= 15 is 0 Å². The van der Waals surface area contributed by atoms with Crippen LogP contribution in [-0.2, 0) is 16.0 Å². The van der Waals surface area contributed by atoms with Crippen molar-refractivity contribution in [2.24, 2.45) is 0 Å². The van der Waals surface area contributed by atoms with Gasteiger partial charge in [-0.3, -0.25) is 20.4 Å². The van der Waals surface area contributed by atoms with E-state index < -0.39 is 30.2 Å². The van der Waals surface area contributed by atoms with E-state index in [0.717, 1.165) is 22.8 Å². The minimum absolute atomic E-state index is 0.170. The molecule has 38 heavy (non-hydrogen) atoms. The van der Waals surface area contributed by atoms with E-state index in [2.05, 4.69) is 10.9 Å². The molecule has 8 nitrogen and oxygen atoms in total. The topological polar surface area (TPSA) is 118 Å². The minimum Gasteiger partial charge on any atom is -0.508 e. The number of pyridine rings is 1. The van der Waals surface area contributed by atoms with Crippen molar-refractivity contribution in [3.8, 4) is 5.75 Å². The molecular weight excluding hydrogens is 489 g/mol. The average Bonchev–Trinajstić information content (AvgIpc) is 3.32. The van der Waals surface area contributed by atoms with E-state index in [9.17, 15) is 23.9 Å². The molecule has 2 amide bonds. The summed E-state index contributed by atoms with van der Waals surface area (Å²) in [6, 6.07) is 19.3. The van der Waals surface area contributed by atoms with Crippen molar-refractivity contribution in [1.82, 2.24) is 15.8 Å². The molecule has 3 N–H and O–H groups in total. The first-order valence-corrected chi connectivity index (χ1v) is 11.8. The van der Waals surface area contributed by atoms with E-state index in [1.807, 2.05) is 12.1 Å². The second-order valence-corrected chi connectivity index (χ2v) is 8.65. The van der Waals surface area contributed by atoms with Crippen LogP contribution in [0, 0.1) is 5.82 Å². The average molecular weight is 512 g/mol. The van der Waals surface area contributed by atoms with Crippen molar-refractivity contribution < 1.29 is 28.6 Å². The van der Waals surface area contributed by atoms with Gasteiger partial charge in [-0.2, -0.15) is 0 Å². The molecule has 0 unspecified atom stereocenters. The molecule has 1 heterocycles. The molecule has 0 radical (unpaired) electrons. The highest BCUT2D eigenvalue weighted by Gasteiger charge is 2.28. The number of carbonyl (C=O) groups excluding carboxylic acids is 3. The van der Waals surface area contributed by atoms with Crippen LogP contribution in [0.25, 0.3) is 22.6 Å². The van der Waals surface area contributed by atoms with E-state index in [1.165, 1.54) is 18.2 Å². The molecule has 1 aliphatic rings. The van der Waals surface area contributed by atoms with Crippen molar-refractivity contribution in [3.05, 3.63) is 107 Å². The molecule has 3 aromatic carbocycles.